The summed E-state index contributed by atoms with van der Waals surface area (Å²) in [6.45, 7) is 5.09. The Labute approximate surface area is 313 Å². The van der Waals surface area contributed by atoms with E-state index in [9.17, 15) is 51.9 Å². The van der Waals surface area contributed by atoms with E-state index in [1.807, 2.05) is 0 Å². The maximum Gasteiger partial charge on any atom is 0.294 e. The van der Waals surface area contributed by atoms with Crippen LogP contribution < -0.4 is 10.6 Å². The van der Waals surface area contributed by atoms with Crippen LogP contribution in [-0.2, 0) is 40.5 Å². The van der Waals surface area contributed by atoms with Crippen molar-refractivity contribution in [3.05, 3.63) is 89.7 Å². The summed E-state index contributed by atoms with van der Waals surface area (Å²) in [7, 11) is -19.3. The molecule has 5 aromatic rings. The van der Waals surface area contributed by atoms with Crippen molar-refractivity contribution in [3.63, 3.8) is 0 Å². The largest absolute Gasteiger partial charge is 0.324 e. The fourth-order valence-electron chi connectivity index (χ4n) is 4.59. The van der Waals surface area contributed by atoms with Gasteiger partial charge in [0, 0.05) is 11.4 Å². The zero-order chi connectivity index (χ0) is 40.5. The monoisotopic (exact) mass is 833 g/mol. The lowest BCUT2D eigenvalue weighted by Gasteiger charge is -2.12. The molecule has 0 bridgehead atoms. The van der Waals surface area contributed by atoms with E-state index in [0.717, 1.165) is 24.3 Å². The number of nitrogens with one attached hydrogen (secondary N) is 2. The van der Waals surface area contributed by atoms with E-state index in [-0.39, 0.29) is 34.6 Å². The molecule has 21 nitrogen and oxygen atoms in total. The van der Waals surface area contributed by atoms with Gasteiger partial charge in [-0.25, -0.2) is 0 Å². The second kappa shape index (κ2) is 15.2. The fourth-order valence-corrected chi connectivity index (χ4v) is 6.92. The molecule has 55 heavy (non-hydrogen) atoms. The highest BCUT2D eigenvalue weighted by molar-refractivity contribution is 7.87. The first kappa shape index (κ1) is 40.5. The highest BCUT2D eigenvalue weighted by Gasteiger charge is 2.20. The van der Waals surface area contributed by atoms with E-state index in [2.05, 4.69) is 46.0 Å². The highest BCUT2D eigenvalue weighted by atomic mass is 32.2. The van der Waals surface area contributed by atoms with Crippen LogP contribution in [0.25, 0.3) is 0 Å². The van der Waals surface area contributed by atoms with Crippen molar-refractivity contribution in [1.82, 2.24) is 15.0 Å². The van der Waals surface area contributed by atoms with Crippen LogP contribution in [0, 0.1) is 20.8 Å². The van der Waals surface area contributed by atoms with E-state index < -0.39 is 60.1 Å². The first-order valence-electron chi connectivity index (χ1n) is 15.0. The second-order valence-corrected chi connectivity index (χ2v) is 17.1. The van der Waals surface area contributed by atoms with Gasteiger partial charge in [-0.3, -0.25) is 18.2 Å². The third-order valence-electron chi connectivity index (χ3n) is 7.14. The molecule has 0 aliphatic heterocycles. The van der Waals surface area contributed by atoms with Gasteiger partial charge in [0.15, 0.2) is 0 Å². The summed E-state index contributed by atoms with van der Waals surface area (Å²) in [6, 6.07) is 14.1. The average Bonchev–Trinajstić information content (AvgIpc) is 3.06. The standard InChI is InChI=1S/C30H27N9O12S4/c1-16-8-19(36-38-21-10-23(52(40,41)42)14-24(11-21)53(43,44)45)4-6-27(16)33-29-31-18(3)32-30(35-29)34-28-7-5-20(9-17(28)2)37-39-22-12-25(54(46,47)48)15-26(13-22)55(49,50)51/h4-15H,1-3H3,(H,40,41,42)(H,43,44,45)(H,46,47,48)(H,49,50,51)(H2,31,32,33,34,35). The molecule has 0 aliphatic rings. The van der Waals surface area contributed by atoms with Gasteiger partial charge in [-0.15, -0.1) is 0 Å². The molecule has 0 radical (unpaired) electrons. The molecule has 1 heterocycles. The van der Waals surface area contributed by atoms with Crippen LogP contribution in [0.4, 0.5) is 46.0 Å². The van der Waals surface area contributed by atoms with Gasteiger partial charge in [0.2, 0.25) is 11.9 Å². The molecule has 0 aliphatic carbocycles. The van der Waals surface area contributed by atoms with Crippen LogP contribution in [0.3, 0.4) is 0 Å². The maximum atomic E-state index is 11.6. The van der Waals surface area contributed by atoms with Gasteiger partial charge in [-0.2, -0.15) is 69.1 Å². The van der Waals surface area contributed by atoms with E-state index in [4.69, 9.17) is 0 Å². The molecular weight excluding hydrogens is 807 g/mol. The minimum Gasteiger partial charge on any atom is -0.324 e. The number of anilines is 4. The van der Waals surface area contributed by atoms with Crippen LogP contribution in [0.2, 0.25) is 0 Å². The first-order chi connectivity index (χ1) is 25.4. The van der Waals surface area contributed by atoms with Crippen molar-refractivity contribution in [2.45, 2.75) is 40.4 Å². The molecule has 5 rings (SSSR count). The molecule has 0 unspecified atom stereocenters. The van der Waals surface area contributed by atoms with Crippen molar-refractivity contribution < 1.29 is 51.9 Å². The zero-order valence-corrected chi connectivity index (χ0v) is 31.5. The Kier molecular flexibility index (Phi) is 11.2. The first-order valence-corrected chi connectivity index (χ1v) is 20.7. The summed E-state index contributed by atoms with van der Waals surface area (Å²) >= 11 is 0. The predicted octanol–water partition coefficient (Wildman–Crippen LogP) is 6.10. The lowest BCUT2D eigenvalue weighted by atomic mass is 10.2. The molecule has 6 N–H and O–H groups in total. The van der Waals surface area contributed by atoms with Crippen molar-refractivity contribution >= 4 is 86.5 Å². The summed E-state index contributed by atoms with van der Waals surface area (Å²) < 4.78 is 130. The molecule has 0 amide bonds. The second-order valence-electron chi connectivity index (χ2n) is 11.4. The lowest BCUT2D eigenvalue weighted by Crippen LogP contribution is -2.06. The molecular formula is C30H27N9O12S4. The van der Waals surface area contributed by atoms with Crippen LogP contribution in [0.15, 0.2) is 113 Å². The van der Waals surface area contributed by atoms with Crippen molar-refractivity contribution in [2.75, 3.05) is 10.6 Å². The Hall–Kier alpha value is -5.67. The highest BCUT2D eigenvalue weighted by Crippen LogP contribution is 2.31. The predicted molar refractivity (Wildman–Crippen MR) is 194 cm³/mol. The molecule has 0 saturated carbocycles. The molecule has 0 fully saturated rings. The van der Waals surface area contributed by atoms with Crippen LogP contribution >= 0.6 is 0 Å². The molecule has 1 aromatic heterocycles. The van der Waals surface area contributed by atoms with Gasteiger partial charge in [0.1, 0.15) is 5.82 Å². The number of hydrogen-bond acceptors (Lipinski definition) is 17. The van der Waals surface area contributed by atoms with Gasteiger partial charge in [0.25, 0.3) is 40.5 Å². The van der Waals surface area contributed by atoms with E-state index in [1.54, 1.807) is 45.0 Å². The third-order valence-corrected chi connectivity index (χ3v) is 10.5. The van der Waals surface area contributed by atoms with E-state index in [1.165, 1.54) is 12.1 Å². The zero-order valence-electron chi connectivity index (χ0n) is 28.2. The van der Waals surface area contributed by atoms with E-state index in [0.29, 0.717) is 40.5 Å². The normalized spacial score (nSPS) is 12.7. The molecule has 0 saturated heterocycles. The van der Waals surface area contributed by atoms with Crippen molar-refractivity contribution in [2.24, 2.45) is 20.5 Å². The van der Waals surface area contributed by atoms with Gasteiger partial charge in [0.05, 0.1) is 42.3 Å². The number of rotatable bonds is 12. The summed E-state index contributed by atoms with van der Waals surface area (Å²) in [5.41, 5.74) is 2.36. The van der Waals surface area contributed by atoms with Gasteiger partial charge < -0.3 is 10.6 Å². The Morgan fingerprint density at radius 2 is 0.745 bits per heavy atom. The minimum atomic E-state index is -4.84. The summed E-state index contributed by atoms with van der Waals surface area (Å²) in [4.78, 5) is 9.78. The maximum absolute atomic E-state index is 11.6. The Morgan fingerprint density at radius 3 is 1.04 bits per heavy atom. The Bertz CT molecular complexity index is 2580. The molecule has 0 spiro atoms. The number of aromatic nitrogens is 3. The van der Waals surface area contributed by atoms with Gasteiger partial charge >= 0.3 is 0 Å². The summed E-state index contributed by atoms with van der Waals surface area (Å²) in [6.07, 6.45) is 0. The third kappa shape index (κ3) is 10.7. The van der Waals surface area contributed by atoms with Crippen molar-refractivity contribution in [3.8, 4) is 0 Å². The molecule has 25 heteroatoms. The fraction of sp³-hybridized carbons (Fsp3) is 0.100. The topological polar surface area (TPSA) is 330 Å². The van der Waals surface area contributed by atoms with Gasteiger partial charge in [-0.05, 0) is 105 Å². The van der Waals surface area contributed by atoms with Crippen LogP contribution in [0.1, 0.15) is 17.0 Å². The Morgan fingerprint density at radius 1 is 0.436 bits per heavy atom. The quantitative estimate of drug-likeness (QED) is 0.0610. The number of aryl methyl sites for hydroxylation is 3. The summed E-state index contributed by atoms with van der Waals surface area (Å²) in [5.74, 6) is 0.664. The average molecular weight is 834 g/mol. The van der Waals surface area contributed by atoms with E-state index >= 15 is 0 Å². The lowest BCUT2D eigenvalue weighted by molar-refractivity contribution is 0.476. The number of benzene rings is 4. The molecule has 4 aromatic carbocycles. The van der Waals surface area contributed by atoms with Crippen molar-refractivity contribution in [1.29, 1.82) is 0 Å². The smallest absolute Gasteiger partial charge is 0.294 e. The van der Waals surface area contributed by atoms with Gasteiger partial charge in [-0.1, -0.05) is 0 Å². The Balaban J connectivity index is 1.32. The number of hydrogen-bond donors (Lipinski definition) is 6. The summed E-state index contributed by atoms with van der Waals surface area (Å²) in [5, 5.41) is 21.8. The molecule has 0 atom stereocenters. The van der Waals surface area contributed by atoms with Crippen LogP contribution in [0.5, 0.6) is 0 Å². The molecule has 288 valence electrons. The number of nitrogens with zero attached hydrogens (tertiary/aromatic N) is 7. The minimum absolute atomic E-state index is 0.159. The SMILES string of the molecule is Cc1nc(Nc2ccc(N=Nc3cc(S(=O)(=O)O)cc(S(=O)(=O)O)c3)cc2C)nc(Nc2ccc(N=Nc3cc(S(=O)(=O)O)cc(S(=O)(=O)O)c3)cc2C)n1. The van der Waals surface area contributed by atoms with Crippen LogP contribution in [-0.4, -0.2) is 66.8 Å². The number of azo groups is 2.